The maximum absolute atomic E-state index is 13.4. The highest BCUT2D eigenvalue weighted by Gasteiger charge is 2.24. The summed E-state index contributed by atoms with van der Waals surface area (Å²) in [7, 11) is 0. The molecule has 1 aliphatic rings. The number of aliphatic imine (C=N–C) groups is 1. The van der Waals surface area contributed by atoms with Crippen LogP contribution >= 0.6 is 56.9 Å². The number of carbonyl (C=O) groups is 1. The molecule has 4 rings (SSSR count). The third-order valence-electron chi connectivity index (χ3n) is 4.62. The van der Waals surface area contributed by atoms with Crippen LogP contribution in [0.2, 0.25) is 0 Å². The first-order valence-corrected chi connectivity index (χ1v) is 13.3. The molecule has 0 atom stereocenters. The molecule has 0 saturated carbocycles. The largest absolute Gasteiger partial charge is 0.494 e. The molecular weight excluding hydrogens is 681 g/mol. The SMILES string of the molecule is CCOc1ccc(N=C2NC(=O)/C(=C\c3cc(I)c(OCc4cccc(F)c4)c(I)c3)S2)cc1. The Morgan fingerprint density at radius 2 is 1.79 bits per heavy atom. The number of rotatable bonds is 7. The van der Waals surface area contributed by atoms with Crippen LogP contribution in [0.15, 0.2) is 70.6 Å². The van der Waals surface area contributed by atoms with E-state index in [0.29, 0.717) is 16.7 Å². The van der Waals surface area contributed by atoms with Gasteiger partial charge in [0.1, 0.15) is 23.9 Å². The van der Waals surface area contributed by atoms with E-state index in [1.54, 1.807) is 6.07 Å². The highest BCUT2D eigenvalue weighted by Crippen LogP contribution is 2.33. The summed E-state index contributed by atoms with van der Waals surface area (Å²) in [5, 5.41) is 3.34. The fraction of sp³-hybridized carbons (Fsp3) is 0.120. The van der Waals surface area contributed by atoms with Gasteiger partial charge in [0, 0.05) is 0 Å². The molecule has 9 heteroatoms. The van der Waals surface area contributed by atoms with E-state index in [1.807, 2.05) is 55.5 Å². The molecule has 0 unspecified atom stereocenters. The van der Waals surface area contributed by atoms with Gasteiger partial charge in [-0.2, -0.15) is 0 Å². The van der Waals surface area contributed by atoms with E-state index in [1.165, 1.54) is 23.9 Å². The van der Waals surface area contributed by atoms with E-state index < -0.39 is 0 Å². The Kier molecular flexibility index (Phi) is 8.48. The smallest absolute Gasteiger partial charge is 0.264 e. The first-order valence-electron chi connectivity index (χ1n) is 10.3. The van der Waals surface area contributed by atoms with E-state index >= 15 is 0 Å². The van der Waals surface area contributed by atoms with Crippen molar-refractivity contribution in [3.8, 4) is 11.5 Å². The maximum atomic E-state index is 13.4. The Morgan fingerprint density at radius 1 is 1.06 bits per heavy atom. The van der Waals surface area contributed by atoms with Gasteiger partial charge in [-0.05, 0) is 130 Å². The van der Waals surface area contributed by atoms with Gasteiger partial charge in [0.25, 0.3) is 5.91 Å². The van der Waals surface area contributed by atoms with Gasteiger partial charge in [0.15, 0.2) is 5.17 Å². The number of hydrogen-bond acceptors (Lipinski definition) is 5. The van der Waals surface area contributed by atoms with Crippen molar-refractivity contribution in [2.75, 3.05) is 6.61 Å². The number of thioether (sulfide) groups is 1. The van der Waals surface area contributed by atoms with E-state index in [4.69, 9.17) is 9.47 Å². The second-order valence-corrected chi connectivity index (χ2v) is 10.5. The van der Waals surface area contributed by atoms with Crippen LogP contribution in [0.3, 0.4) is 0 Å². The molecule has 174 valence electrons. The summed E-state index contributed by atoms with van der Waals surface area (Å²) in [5.41, 5.74) is 2.37. The van der Waals surface area contributed by atoms with Crippen LogP contribution in [-0.2, 0) is 11.4 Å². The summed E-state index contributed by atoms with van der Waals surface area (Å²) in [6, 6.07) is 17.6. The van der Waals surface area contributed by atoms with Crippen molar-refractivity contribution < 1.29 is 18.7 Å². The molecule has 0 aromatic heterocycles. The fourth-order valence-electron chi connectivity index (χ4n) is 3.12. The molecule has 5 nitrogen and oxygen atoms in total. The van der Waals surface area contributed by atoms with Crippen LogP contribution < -0.4 is 14.8 Å². The summed E-state index contributed by atoms with van der Waals surface area (Å²) in [6.45, 7) is 2.81. The molecule has 1 fully saturated rings. The van der Waals surface area contributed by atoms with E-state index in [0.717, 1.165) is 35.5 Å². The summed E-state index contributed by atoms with van der Waals surface area (Å²) in [6.07, 6.45) is 1.83. The number of hydrogen-bond donors (Lipinski definition) is 1. The number of halogens is 3. The van der Waals surface area contributed by atoms with E-state index in [2.05, 4.69) is 55.5 Å². The van der Waals surface area contributed by atoms with Crippen molar-refractivity contribution in [1.29, 1.82) is 0 Å². The quantitative estimate of drug-likeness (QED) is 0.215. The number of carbonyl (C=O) groups excluding carboxylic acids is 1. The minimum Gasteiger partial charge on any atom is -0.494 e. The van der Waals surface area contributed by atoms with Gasteiger partial charge in [-0.15, -0.1) is 0 Å². The molecule has 34 heavy (non-hydrogen) atoms. The summed E-state index contributed by atoms with van der Waals surface area (Å²) < 4.78 is 26.6. The lowest BCUT2D eigenvalue weighted by atomic mass is 10.2. The molecule has 1 saturated heterocycles. The van der Waals surface area contributed by atoms with Crippen molar-refractivity contribution >= 4 is 79.8 Å². The second-order valence-electron chi connectivity index (χ2n) is 7.14. The van der Waals surface area contributed by atoms with Crippen molar-refractivity contribution in [3.63, 3.8) is 0 Å². The van der Waals surface area contributed by atoms with Crippen LogP contribution in [-0.4, -0.2) is 17.7 Å². The maximum Gasteiger partial charge on any atom is 0.264 e. The molecule has 0 aliphatic carbocycles. The van der Waals surface area contributed by atoms with Gasteiger partial charge < -0.3 is 14.8 Å². The molecule has 1 N–H and O–H groups in total. The summed E-state index contributed by atoms with van der Waals surface area (Å²) >= 11 is 5.71. The predicted octanol–water partition coefficient (Wildman–Crippen LogP) is 6.90. The normalized spacial score (nSPS) is 15.6. The van der Waals surface area contributed by atoms with Crippen molar-refractivity contribution in [2.45, 2.75) is 13.5 Å². The van der Waals surface area contributed by atoms with Crippen molar-refractivity contribution in [1.82, 2.24) is 5.32 Å². The molecular formula is C25H19FI2N2O3S. The summed E-state index contributed by atoms with van der Waals surface area (Å²) in [5.74, 6) is 1.04. The molecule has 1 aliphatic heterocycles. The Balaban J connectivity index is 1.47. The number of ether oxygens (including phenoxy) is 2. The topological polar surface area (TPSA) is 59.9 Å². The van der Waals surface area contributed by atoms with Crippen LogP contribution in [0, 0.1) is 13.0 Å². The van der Waals surface area contributed by atoms with Crippen molar-refractivity contribution in [3.05, 3.63) is 89.7 Å². The summed E-state index contributed by atoms with van der Waals surface area (Å²) in [4.78, 5) is 17.6. The lowest BCUT2D eigenvalue weighted by Gasteiger charge is -2.12. The number of nitrogens with zero attached hydrogens (tertiary/aromatic N) is 1. The average Bonchev–Trinajstić information content (AvgIpc) is 3.13. The first-order chi connectivity index (χ1) is 16.4. The van der Waals surface area contributed by atoms with Gasteiger partial charge in [-0.25, -0.2) is 9.38 Å². The highest BCUT2D eigenvalue weighted by atomic mass is 127. The minimum atomic E-state index is -0.287. The number of amidine groups is 1. The Bertz CT molecular complexity index is 1260. The number of amides is 1. The van der Waals surface area contributed by atoms with Gasteiger partial charge >= 0.3 is 0 Å². The Morgan fingerprint density at radius 3 is 2.47 bits per heavy atom. The van der Waals surface area contributed by atoms with Gasteiger partial charge in [0.2, 0.25) is 0 Å². The predicted molar refractivity (Wildman–Crippen MR) is 151 cm³/mol. The third kappa shape index (κ3) is 6.51. The van der Waals surface area contributed by atoms with E-state index in [9.17, 15) is 9.18 Å². The molecule has 3 aromatic carbocycles. The lowest BCUT2D eigenvalue weighted by molar-refractivity contribution is -0.115. The van der Waals surface area contributed by atoms with Crippen LogP contribution in [0.1, 0.15) is 18.1 Å². The monoisotopic (exact) mass is 700 g/mol. The first kappa shape index (κ1) is 25.0. The number of benzene rings is 3. The average molecular weight is 700 g/mol. The standard InChI is InChI=1S/C25H19FI2N2O3S/c1-2-32-19-8-6-18(7-9-19)29-25-30-24(31)22(34-25)13-16-11-20(27)23(21(28)12-16)33-14-15-4-3-5-17(26)10-15/h3-13H,2,14H2,1H3,(H,29,30,31)/b22-13+. The molecule has 0 bridgehead atoms. The molecule has 1 amide bonds. The number of nitrogens with one attached hydrogen (secondary N) is 1. The second kappa shape index (κ2) is 11.5. The van der Waals surface area contributed by atoms with Crippen LogP contribution in [0.5, 0.6) is 11.5 Å². The zero-order chi connectivity index (χ0) is 24.1. The van der Waals surface area contributed by atoms with Gasteiger partial charge in [0.05, 0.1) is 24.3 Å². The van der Waals surface area contributed by atoms with Gasteiger partial charge in [-0.1, -0.05) is 12.1 Å². The fourth-order valence-corrected chi connectivity index (χ4v) is 6.09. The highest BCUT2D eigenvalue weighted by molar-refractivity contribution is 14.1. The minimum absolute atomic E-state index is 0.189. The van der Waals surface area contributed by atoms with Crippen LogP contribution in [0.4, 0.5) is 10.1 Å². The molecule has 1 heterocycles. The van der Waals surface area contributed by atoms with Gasteiger partial charge in [-0.3, -0.25) is 4.79 Å². The van der Waals surface area contributed by atoms with Crippen LogP contribution in [0.25, 0.3) is 6.08 Å². The zero-order valence-corrected chi connectivity index (χ0v) is 23.1. The molecule has 3 aromatic rings. The Labute approximate surface area is 228 Å². The lowest BCUT2D eigenvalue weighted by Crippen LogP contribution is -2.19. The molecule has 0 radical (unpaired) electrons. The van der Waals surface area contributed by atoms with Crippen molar-refractivity contribution in [2.24, 2.45) is 4.99 Å². The Hall–Kier alpha value is -2.12. The molecule has 0 spiro atoms. The zero-order valence-electron chi connectivity index (χ0n) is 18.0. The third-order valence-corrected chi connectivity index (χ3v) is 7.13. The van der Waals surface area contributed by atoms with E-state index in [-0.39, 0.29) is 18.3 Å².